The summed E-state index contributed by atoms with van der Waals surface area (Å²) in [6.45, 7) is 7.89. The Morgan fingerprint density at radius 3 is 2.47 bits per heavy atom. The van der Waals surface area contributed by atoms with Gasteiger partial charge in [0.1, 0.15) is 11.6 Å². The van der Waals surface area contributed by atoms with E-state index >= 15 is 0 Å². The lowest BCUT2D eigenvalue weighted by Gasteiger charge is -2.10. The molecule has 0 saturated carbocycles. The van der Waals surface area contributed by atoms with Crippen LogP contribution in [0.3, 0.4) is 0 Å². The van der Waals surface area contributed by atoms with Crippen molar-refractivity contribution in [3.8, 4) is 5.82 Å². The summed E-state index contributed by atoms with van der Waals surface area (Å²) in [6.07, 6.45) is 0.761. The molecule has 0 bridgehead atoms. The van der Waals surface area contributed by atoms with Crippen LogP contribution in [0.15, 0.2) is 6.07 Å². The Bertz CT molecular complexity index is 556. The van der Waals surface area contributed by atoms with E-state index in [2.05, 4.69) is 15.1 Å². The molecule has 0 spiro atoms. The SMILES string of the molecule is CCc1nc(N)c(C)c(-n2nc(C)cc2C)n1. The molecule has 17 heavy (non-hydrogen) atoms. The van der Waals surface area contributed by atoms with Gasteiger partial charge in [0.05, 0.1) is 5.69 Å². The molecule has 2 rings (SSSR count). The molecule has 0 aromatic carbocycles. The molecule has 0 aliphatic rings. The van der Waals surface area contributed by atoms with Crippen LogP contribution in [-0.2, 0) is 6.42 Å². The van der Waals surface area contributed by atoms with Crippen LogP contribution in [-0.4, -0.2) is 19.7 Å². The van der Waals surface area contributed by atoms with Crippen LogP contribution < -0.4 is 5.73 Å². The summed E-state index contributed by atoms with van der Waals surface area (Å²) in [6, 6.07) is 2.02. The summed E-state index contributed by atoms with van der Waals surface area (Å²) in [5.41, 5.74) is 8.78. The topological polar surface area (TPSA) is 69.6 Å². The van der Waals surface area contributed by atoms with Crippen molar-refractivity contribution in [1.29, 1.82) is 0 Å². The molecular weight excluding hydrogens is 214 g/mol. The van der Waals surface area contributed by atoms with Crippen molar-refractivity contribution < 1.29 is 0 Å². The van der Waals surface area contributed by atoms with Gasteiger partial charge in [0, 0.05) is 17.7 Å². The molecule has 5 nitrogen and oxygen atoms in total. The predicted molar refractivity (Wildman–Crippen MR) is 67.2 cm³/mol. The Morgan fingerprint density at radius 2 is 1.94 bits per heavy atom. The minimum absolute atomic E-state index is 0.527. The Morgan fingerprint density at radius 1 is 1.24 bits per heavy atom. The zero-order valence-corrected chi connectivity index (χ0v) is 10.7. The second-order valence-corrected chi connectivity index (χ2v) is 4.17. The number of nitrogens with zero attached hydrogens (tertiary/aromatic N) is 4. The number of nitrogen functional groups attached to an aromatic ring is 1. The van der Waals surface area contributed by atoms with Crippen molar-refractivity contribution in [2.75, 3.05) is 5.73 Å². The Kier molecular flexibility index (Phi) is 2.83. The minimum Gasteiger partial charge on any atom is -0.383 e. The van der Waals surface area contributed by atoms with Gasteiger partial charge in [0.25, 0.3) is 0 Å². The molecule has 0 unspecified atom stereocenters. The Balaban J connectivity index is 2.66. The van der Waals surface area contributed by atoms with E-state index in [-0.39, 0.29) is 0 Å². The fourth-order valence-corrected chi connectivity index (χ4v) is 1.78. The molecule has 2 aromatic rings. The summed E-state index contributed by atoms with van der Waals surface area (Å²) in [7, 11) is 0. The van der Waals surface area contributed by atoms with E-state index < -0.39 is 0 Å². The van der Waals surface area contributed by atoms with Crippen molar-refractivity contribution in [1.82, 2.24) is 19.7 Å². The molecule has 90 valence electrons. The van der Waals surface area contributed by atoms with E-state index in [1.807, 2.05) is 38.4 Å². The van der Waals surface area contributed by atoms with Gasteiger partial charge in [-0.15, -0.1) is 0 Å². The van der Waals surface area contributed by atoms with Crippen LogP contribution in [0.25, 0.3) is 5.82 Å². The number of nitrogens with two attached hydrogens (primary N) is 1. The first-order valence-corrected chi connectivity index (χ1v) is 5.69. The lowest BCUT2D eigenvalue weighted by molar-refractivity contribution is 0.776. The fraction of sp³-hybridized carbons (Fsp3) is 0.417. The van der Waals surface area contributed by atoms with Gasteiger partial charge in [-0.2, -0.15) is 5.10 Å². The Labute approximate surface area is 101 Å². The molecule has 0 aliphatic heterocycles. The molecule has 0 amide bonds. The third-order valence-electron chi connectivity index (χ3n) is 2.73. The number of aryl methyl sites for hydroxylation is 3. The highest BCUT2D eigenvalue weighted by Gasteiger charge is 2.12. The molecule has 0 aliphatic carbocycles. The van der Waals surface area contributed by atoms with Crippen LogP contribution in [0.4, 0.5) is 5.82 Å². The monoisotopic (exact) mass is 231 g/mol. The van der Waals surface area contributed by atoms with E-state index in [1.165, 1.54) is 0 Å². The highest BCUT2D eigenvalue weighted by atomic mass is 15.3. The summed E-state index contributed by atoms with van der Waals surface area (Å²) in [5, 5.41) is 4.43. The van der Waals surface area contributed by atoms with Crippen molar-refractivity contribution in [3.05, 3.63) is 28.8 Å². The highest BCUT2D eigenvalue weighted by molar-refractivity contribution is 5.48. The van der Waals surface area contributed by atoms with Crippen LogP contribution in [0, 0.1) is 20.8 Å². The maximum atomic E-state index is 5.90. The second kappa shape index (κ2) is 4.16. The first kappa shape index (κ1) is 11.6. The van der Waals surface area contributed by atoms with Gasteiger partial charge in [-0.25, -0.2) is 14.6 Å². The molecule has 0 atom stereocenters. The first-order chi connectivity index (χ1) is 8.02. The summed E-state index contributed by atoms with van der Waals surface area (Å²) >= 11 is 0. The molecule has 5 heteroatoms. The first-order valence-electron chi connectivity index (χ1n) is 5.69. The zero-order chi connectivity index (χ0) is 12.6. The van der Waals surface area contributed by atoms with Crippen LogP contribution >= 0.6 is 0 Å². The quantitative estimate of drug-likeness (QED) is 0.854. The molecular formula is C12H17N5. The van der Waals surface area contributed by atoms with E-state index in [1.54, 1.807) is 0 Å². The maximum Gasteiger partial charge on any atom is 0.162 e. The summed E-state index contributed by atoms with van der Waals surface area (Å²) < 4.78 is 1.82. The van der Waals surface area contributed by atoms with E-state index in [0.717, 1.165) is 35.0 Å². The van der Waals surface area contributed by atoms with Gasteiger partial charge in [0.2, 0.25) is 0 Å². The Hall–Kier alpha value is -1.91. The van der Waals surface area contributed by atoms with Crippen molar-refractivity contribution >= 4 is 5.82 Å². The molecule has 2 aromatic heterocycles. The largest absolute Gasteiger partial charge is 0.383 e. The molecule has 0 radical (unpaired) electrons. The smallest absolute Gasteiger partial charge is 0.162 e. The normalized spacial score (nSPS) is 10.8. The van der Waals surface area contributed by atoms with E-state index in [9.17, 15) is 0 Å². The predicted octanol–water partition coefficient (Wildman–Crippen LogP) is 1.73. The van der Waals surface area contributed by atoms with E-state index in [0.29, 0.717) is 5.82 Å². The van der Waals surface area contributed by atoms with E-state index in [4.69, 9.17) is 5.73 Å². The maximum absolute atomic E-state index is 5.90. The number of hydrogen-bond acceptors (Lipinski definition) is 4. The lowest BCUT2D eigenvalue weighted by atomic mass is 10.3. The molecule has 2 heterocycles. The fourth-order valence-electron chi connectivity index (χ4n) is 1.78. The number of hydrogen-bond donors (Lipinski definition) is 1. The standard InChI is InChI=1S/C12H17N5/c1-5-10-14-11(13)9(4)12(15-10)17-8(3)6-7(2)16-17/h6H,5H2,1-4H3,(H2,13,14,15). The van der Waals surface area contributed by atoms with Crippen molar-refractivity contribution in [2.45, 2.75) is 34.1 Å². The van der Waals surface area contributed by atoms with Gasteiger partial charge in [0.15, 0.2) is 5.82 Å². The van der Waals surface area contributed by atoms with Gasteiger partial charge in [-0.05, 0) is 26.8 Å². The second-order valence-electron chi connectivity index (χ2n) is 4.17. The average molecular weight is 231 g/mol. The summed E-state index contributed by atoms with van der Waals surface area (Å²) in [5.74, 6) is 2.05. The minimum atomic E-state index is 0.527. The van der Waals surface area contributed by atoms with Crippen molar-refractivity contribution in [3.63, 3.8) is 0 Å². The third kappa shape index (κ3) is 2.00. The van der Waals surface area contributed by atoms with Gasteiger partial charge < -0.3 is 5.73 Å². The summed E-state index contributed by atoms with van der Waals surface area (Å²) in [4.78, 5) is 8.74. The highest BCUT2D eigenvalue weighted by Crippen LogP contribution is 2.18. The molecule has 0 saturated heterocycles. The molecule has 2 N–H and O–H groups in total. The third-order valence-corrected chi connectivity index (χ3v) is 2.73. The van der Waals surface area contributed by atoms with Crippen molar-refractivity contribution in [2.24, 2.45) is 0 Å². The lowest BCUT2D eigenvalue weighted by Crippen LogP contribution is -2.11. The molecule has 0 fully saturated rings. The van der Waals surface area contributed by atoms with Crippen LogP contribution in [0.1, 0.15) is 29.7 Å². The van der Waals surface area contributed by atoms with Crippen LogP contribution in [0.2, 0.25) is 0 Å². The van der Waals surface area contributed by atoms with Crippen LogP contribution in [0.5, 0.6) is 0 Å². The van der Waals surface area contributed by atoms with Gasteiger partial charge >= 0.3 is 0 Å². The number of rotatable bonds is 2. The zero-order valence-electron chi connectivity index (χ0n) is 10.7. The van der Waals surface area contributed by atoms with Gasteiger partial charge in [-0.3, -0.25) is 0 Å². The number of anilines is 1. The van der Waals surface area contributed by atoms with Gasteiger partial charge in [-0.1, -0.05) is 6.92 Å². The average Bonchev–Trinajstić information content (AvgIpc) is 2.61. The number of aromatic nitrogens is 4.